The topological polar surface area (TPSA) is 92.9 Å². The van der Waals surface area contributed by atoms with Gasteiger partial charge in [0.05, 0.1) is 22.7 Å². The molecule has 1 atom stereocenters. The normalized spacial score (nSPS) is 12.7. The van der Waals surface area contributed by atoms with E-state index in [2.05, 4.69) is 20.4 Å². The number of anilines is 2. The Balaban J connectivity index is 1.91. The maximum absolute atomic E-state index is 13.4. The summed E-state index contributed by atoms with van der Waals surface area (Å²) in [5.41, 5.74) is 0.313. The smallest absolute Gasteiger partial charge is 0.396 e. The number of aryl methyl sites for hydroxylation is 2. The van der Waals surface area contributed by atoms with Crippen molar-refractivity contribution in [1.82, 2.24) is 19.7 Å². The van der Waals surface area contributed by atoms with Gasteiger partial charge < -0.3 is 10.4 Å². The highest BCUT2D eigenvalue weighted by Crippen LogP contribution is 2.36. The lowest BCUT2D eigenvalue weighted by Crippen LogP contribution is -2.11. The number of nitrogens with zero attached hydrogens (tertiary/aromatic N) is 4. The van der Waals surface area contributed by atoms with E-state index in [4.69, 9.17) is 5.11 Å². The molecule has 2 heterocycles. The van der Waals surface area contributed by atoms with Crippen LogP contribution in [0.5, 0.6) is 0 Å². The van der Waals surface area contributed by atoms with Gasteiger partial charge in [0.2, 0.25) is 5.95 Å². The largest absolute Gasteiger partial charge is 0.419 e. The van der Waals surface area contributed by atoms with Crippen LogP contribution >= 0.6 is 0 Å². The number of aromatic nitrogens is 4. The Morgan fingerprint density at radius 1 is 1.27 bits per heavy atom. The van der Waals surface area contributed by atoms with Crippen LogP contribution in [-0.2, 0) is 24.0 Å². The van der Waals surface area contributed by atoms with Crippen LogP contribution in [0.1, 0.15) is 17.5 Å². The van der Waals surface area contributed by atoms with Crippen LogP contribution < -0.4 is 5.32 Å². The quantitative estimate of drug-likeness (QED) is 0.586. The van der Waals surface area contributed by atoms with E-state index < -0.39 is 22.5 Å². The summed E-state index contributed by atoms with van der Waals surface area (Å²) < 4.78 is 53.8. The molecule has 0 aliphatic rings. The van der Waals surface area contributed by atoms with E-state index in [-0.39, 0.29) is 23.8 Å². The van der Waals surface area contributed by atoms with Gasteiger partial charge in [-0.3, -0.25) is 8.89 Å². The second kappa shape index (κ2) is 8.92. The number of hydrogen-bond donors (Lipinski definition) is 2. The van der Waals surface area contributed by atoms with E-state index in [1.165, 1.54) is 17.1 Å². The van der Waals surface area contributed by atoms with Crippen LogP contribution in [0.25, 0.3) is 11.3 Å². The van der Waals surface area contributed by atoms with Crippen LogP contribution in [0.3, 0.4) is 0 Å². The Bertz CT molecular complexity index is 1070. The molecule has 2 N–H and O–H groups in total. The Hall–Kier alpha value is -2.79. The Morgan fingerprint density at radius 2 is 2.03 bits per heavy atom. The summed E-state index contributed by atoms with van der Waals surface area (Å²) in [7, 11) is 0.363. The van der Waals surface area contributed by atoms with E-state index in [0.29, 0.717) is 22.8 Å². The Kier molecular flexibility index (Phi) is 6.52. The third kappa shape index (κ3) is 5.03. The molecule has 0 saturated carbocycles. The Morgan fingerprint density at radius 3 is 2.63 bits per heavy atom. The van der Waals surface area contributed by atoms with Crippen LogP contribution in [0, 0.1) is 6.92 Å². The molecule has 1 aromatic carbocycles. The first-order valence-electron chi connectivity index (χ1n) is 8.99. The molecule has 0 radical (unpaired) electrons. The van der Waals surface area contributed by atoms with Gasteiger partial charge in [-0.25, -0.2) is 9.97 Å². The molecule has 0 saturated heterocycles. The second-order valence-corrected chi connectivity index (χ2v) is 8.16. The first-order valence-corrected chi connectivity index (χ1v) is 10.3. The monoisotopic (exact) mass is 439 g/mol. The number of aliphatic hydroxyl groups excluding tert-OH is 1. The summed E-state index contributed by atoms with van der Waals surface area (Å²) in [5.74, 6) is 0.346. The first kappa shape index (κ1) is 21.9. The molecular weight excluding hydrogens is 419 g/mol. The predicted molar refractivity (Wildman–Crippen MR) is 107 cm³/mol. The summed E-state index contributed by atoms with van der Waals surface area (Å²) in [6.45, 7) is 1.75. The third-order valence-electron chi connectivity index (χ3n) is 4.27. The molecule has 0 amide bonds. The minimum absolute atomic E-state index is 0.000828. The number of aliphatic hydroxyl groups is 1. The molecule has 30 heavy (non-hydrogen) atoms. The average molecular weight is 439 g/mol. The van der Waals surface area contributed by atoms with Gasteiger partial charge in [-0.15, -0.1) is 0 Å². The van der Waals surface area contributed by atoms with Gasteiger partial charge in [0.25, 0.3) is 0 Å². The van der Waals surface area contributed by atoms with E-state index >= 15 is 0 Å². The van der Waals surface area contributed by atoms with Crippen molar-refractivity contribution in [2.24, 2.45) is 7.05 Å². The molecule has 3 rings (SSSR count). The van der Waals surface area contributed by atoms with Gasteiger partial charge in [-0.05, 0) is 37.1 Å². The summed E-state index contributed by atoms with van der Waals surface area (Å²) in [6, 6.07) is 5.06. The fourth-order valence-electron chi connectivity index (χ4n) is 2.77. The number of rotatable bonds is 7. The van der Waals surface area contributed by atoms with Crippen molar-refractivity contribution in [1.29, 1.82) is 0 Å². The fraction of sp³-hybridized carbons (Fsp3) is 0.316. The van der Waals surface area contributed by atoms with Crippen LogP contribution in [0.2, 0.25) is 0 Å². The lowest BCUT2D eigenvalue weighted by atomic mass is 10.1. The standard InChI is InChI=1S/C19H20F3N5O2S/c1-12-8-14(30(29)7-3-6-28)4-5-16(12)25-18-23-10-15(19(20,21)22)17(26-18)13-9-24-27(2)11-13/h4-5,8-11,28H,3,6-7H2,1-2H3,(H,23,25,26). The molecule has 11 heteroatoms. The maximum Gasteiger partial charge on any atom is 0.419 e. The minimum Gasteiger partial charge on any atom is -0.396 e. The van der Waals surface area contributed by atoms with Crippen molar-refractivity contribution in [3.63, 3.8) is 0 Å². The third-order valence-corrected chi connectivity index (χ3v) is 5.71. The van der Waals surface area contributed by atoms with Gasteiger partial charge in [-0.2, -0.15) is 18.3 Å². The highest BCUT2D eigenvalue weighted by atomic mass is 32.2. The number of halogens is 3. The number of hydrogen-bond acceptors (Lipinski definition) is 6. The van der Waals surface area contributed by atoms with E-state index in [1.807, 2.05) is 0 Å². The molecule has 0 aliphatic heterocycles. The summed E-state index contributed by atoms with van der Waals surface area (Å²) in [6.07, 6.45) is -0.681. The molecule has 7 nitrogen and oxygen atoms in total. The van der Waals surface area contributed by atoms with Crippen molar-refractivity contribution in [2.75, 3.05) is 17.7 Å². The van der Waals surface area contributed by atoms with Crippen molar-refractivity contribution in [3.8, 4) is 11.3 Å². The SMILES string of the molecule is Cc1cc(S(=O)CCCO)ccc1Nc1ncc(C(F)(F)F)c(-c2cnn(C)c2)n1. The van der Waals surface area contributed by atoms with Crippen molar-refractivity contribution < 1.29 is 22.5 Å². The molecule has 3 aromatic rings. The second-order valence-electron chi connectivity index (χ2n) is 6.58. The lowest BCUT2D eigenvalue weighted by molar-refractivity contribution is -0.137. The number of nitrogens with one attached hydrogen (secondary N) is 1. The number of alkyl halides is 3. The summed E-state index contributed by atoms with van der Waals surface area (Å²) in [4.78, 5) is 8.50. The molecular formula is C19H20F3N5O2S. The molecule has 160 valence electrons. The van der Waals surface area contributed by atoms with E-state index in [1.54, 1.807) is 32.2 Å². The maximum atomic E-state index is 13.4. The van der Waals surface area contributed by atoms with E-state index in [9.17, 15) is 17.4 Å². The van der Waals surface area contributed by atoms with Gasteiger partial charge in [-0.1, -0.05) is 0 Å². The van der Waals surface area contributed by atoms with Crippen LogP contribution in [0.15, 0.2) is 41.7 Å². The van der Waals surface area contributed by atoms with Gasteiger partial charge >= 0.3 is 6.18 Å². The molecule has 0 aliphatic carbocycles. The minimum atomic E-state index is -4.61. The fourth-order valence-corrected chi connectivity index (χ4v) is 3.92. The molecule has 0 fully saturated rings. The zero-order chi connectivity index (χ0) is 21.9. The highest BCUT2D eigenvalue weighted by molar-refractivity contribution is 7.85. The van der Waals surface area contributed by atoms with Gasteiger partial charge in [0.15, 0.2) is 0 Å². The lowest BCUT2D eigenvalue weighted by Gasteiger charge is -2.14. The molecule has 0 spiro atoms. The van der Waals surface area contributed by atoms with Crippen molar-refractivity contribution >= 4 is 22.4 Å². The predicted octanol–water partition coefficient (Wildman–Crippen LogP) is 3.44. The highest BCUT2D eigenvalue weighted by Gasteiger charge is 2.35. The van der Waals surface area contributed by atoms with Crippen molar-refractivity contribution in [2.45, 2.75) is 24.4 Å². The van der Waals surface area contributed by atoms with Crippen LogP contribution in [0.4, 0.5) is 24.8 Å². The number of benzene rings is 1. The van der Waals surface area contributed by atoms with Gasteiger partial charge in [0, 0.05) is 47.9 Å². The van der Waals surface area contributed by atoms with Crippen LogP contribution in [-0.4, -0.2) is 41.4 Å². The summed E-state index contributed by atoms with van der Waals surface area (Å²) >= 11 is 0. The van der Waals surface area contributed by atoms with Gasteiger partial charge in [0.1, 0.15) is 5.56 Å². The van der Waals surface area contributed by atoms with E-state index in [0.717, 1.165) is 11.8 Å². The first-order chi connectivity index (χ1) is 14.2. The average Bonchev–Trinajstić information content (AvgIpc) is 3.13. The zero-order valence-electron chi connectivity index (χ0n) is 16.3. The van der Waals surface area contributed by atoms with Crippen molar-refractivity contribution in [3.05, 3.63) is 47.9 Å². The summed E-state index contributed by atoms with van der Waals surface area (Å²) in [5, 5.41) is 15.7. The Labute approximate surface area is 173 Å². The molecule has 1 unspecified atom stereocenters. The molecule has 0 bridgehead atoms. The molecule has 2 aromatic heterocycles. The zero-order valence-corrected chi connectivity index (χ0v) is 17.1.